The van der Waals surface area contributed by atoms with Crippen molar-refractivity contribution in [2.75, 3.05) is 0 Å². The van der Waals surface area contributed by atoms with E-state index in [0.717, 1.165) is 0 Å². The number of ether oxygens (including phenoxy) is 1. The van der Waals surface area contributed by atoms with Gasteiger partial charge in [0.15, 0.2) is 6.10 Å². The highest BCUT2D eigenvalue weighted by molar-refractivity contribution is 6.35. The number of carbonyl (C=O) groups excluding carboxylic acids is 1. The van der Waals surface area contributed by atoms with Crippen molar-refractivity contribution in [3.05, 3.63) is 21.7 Å². The fourth-order valence-electron chi connectivity index (χ4n) is 1.29. The van der Waals surface area contributed by atoms with Crippen molar-refractivity contribution < 1.29 is 14.6 Å². The quantitative estimate of drug-likeness (QED) is 0.761. The third kappa shape index (κ3) is 4.98. The summed E-state index contributed by atoms with van der Waals surface area (Å²) in [6, 6.07) is 0. The zero-order valence-corrected chi connectivity index (χ0v) is 11.5. The van der Waals surface area contributed by atoms with Crippen LogP contribution in [0.25, 0.3) is 0 Å². The van der Waals surface area contributed by atoms with Gasteiger partial charge in [0, 0.05) is 15.6 Å². The van der Waals surface area contributed by atoms with Crippen molar-refractivity contribution in [3.8, 4) is 0 Å². The monoisotopic (exact) mass is 281 g/mol. The van der Waals surface area contributed by atoms with Crippen molar-refractivity contribution in [2.45, 2.75) is 39.4 Å². The van der Waals surface area contributed by atoms with E-state index in [0.29, 0.717) is 22.1 Å². The standard InChI is InChI=1S/C11H17Cl2NO3/c1-4-7(12)9(8(13)5-2)10(6(3)15)17-11(14)16/h4,6,10,15H,5H2,1-3H3,(H2,14,16)/b7-4+,9-8-/t6-,10+/m0/s1. The number of hydrogen-bond acceptors (Lipinski definition) is 3. The largest absolute Gasteiger partial charge is 0.439 e. The van der Waals surface area contributed by atoms with Crippen molar-refractivity contribution in [1.82, 2.24) is 0 Å². The Morgan fingerprint density at radius 3 is 2.35 bits per heavy atom. The van der Waals surface area contributed by atoms with E-state index >= 15 is 0 Å². The molecule has 0 aliphatic carbocycles. The van der Waals surface area contributed by atoms with E-state index in [4.69, 9.17) is 33.7 Å². The first-order valence-electron chi connectivity index (χ1n) is 5.19. The van der Waals surface area contributed by atoms with Crippen molar-refractivity contribution in [1.29, 1.82) is 0 Å². The summed E-state index contributed by atoms with van der Waals surface area (Å²) in [4.78, 5) is 10.8. The Labute approximate surface area is 111 Å². The first-order valence-corrected chi connectivity index (χ1v) is 5.95. The highest BCUT2D eigenvalue weighted by atomic mass is 35.5. The molecule has 0 heterocycles. The number of rotatable bonds is 5. The van der Waals surface area contributed by atoms with Crippen LogP contribution in [-0.2, 0) is 4.74 Å². The molecule has 6 heteroatoms. The van der Waals surface area contributed by atoms with Crippen LogP contribution in [0.15, 0.2) is 21.7 Å². The molecule has 3 N–H and O–H groups in total. The Bertz CT molecular complexity index is 338. The minimum absolute atomic E-state index is 0.323. The molecule has 0 spiro atoms. The lowest BCUT2D eigenvalue weighted by atomic mass is 10.0. The molecular formula is C11H17Cl2NO3. The van der Waals surface area contributed by atoms with E-state index in [1.165, 1.54) is 6.92 Å². The molecule has 0 fully saturated rings. The summed E-state index contributed by atoms with van der Waals surface area (Å²) < 4.78 is 4.84. The molecule has 4 nitrogen and oxygen atoms in total. The van der Waals surface area contributed by atoms with Gasteiger partial charge in [-0.3, -0.25) is 0 Å². The summed E-state index contributed by atoms with van der Waals surface area (Å²) in [6.45, 7) is 5.00. The molecule has 0 saturated heterocycles. The summed E-state index contributed by atoms with van der Waals surface area (Å²) in [5.74, 6) is 0. The van der Waals surface area contributed by atoms with Gasteiger partial charge in [0.25, 0.3) is 0 Å². The van der Waals surface area contributed by atoms with E-state index < -0.39 is 18.3 Å². The van der Waals surface area contributed by atoms with Gasteiger partial charge in [0.05, 0.1) is 6.10 Å². The highest BCUT2D eigenvalue weighted by Gasteiger charge is 2.27. The van der Waals surface area contributed by atoms with Gasteiger partial charge in [-0.25, -0.2) is 4.79 Å². The molecule has 0 aliphatic rings. The Morgan fingerprint density at radius 1 is 1.53 bits per heavy atom. The van der Waals surface area contributed by atoms with Crippen LogP contribution in [0.2, 0.25) is 0 Å². The van der Waals surface area contributed by atoms with Crippen LogP contribution in [0, 0.1) is 0 Å². The van der Waals surface area contributed by atoms with Crippen LogP contribution in [0.4, 0.5) is 4.79 Å². The Morgan fingerprint density at radius 2 is 2.06 bits per heavy atom. The average molecular weight is 282 g/mol. The van der Waals surface area contributed by atoms with Crippen LogP contribution in [0.1, 0.15) is 27.2 Å². The number of allylic oxidation sites excluding steroid dienone is 2. The summed E-state index contributed by atoms with van der Waals surface area (Å²) >= 11 is 12.0. The van der Waals surface area contributed by atoms with Crippen LogP contribution in [-0.4, -0.2) is 23.4 Å². The summed E-state index contributed by atoms with van der Waals surface area (Å²) in [5, 5.41) is 10.3. The SMILES string of the molecule is C/C=C(Cl)\C(=C(\Cl)CC)[C@H](OC(N)=O)[C@H](C)O. The normalized spacial score (nSPS) is 17.2. The second kappa shape index (κ2) is 7.58. The van der Waals surface area contributed by atoms with Crippen molar-refractivity contribution in [2.24, 2.45) is 5.73 Å². The minimum Gasteiger partial charge on any atom is -0.439 e. The lowest BCUT2D eigenvalue weighted by Crippen LogP contribution is -2.34. The molecular weight excluding hydrogens is 265 g/mol. The number of halogens is 2. The molecule has 0 aliphatic heterocycles. The predicted octanol–water partition coefficient (Wildman–Crippen LogP) is 2.88. The van der Waals surface area contributed by atoms with E-state index in [1.54, 1.807) is 13.0 Å². The number of amides is 1. The second-order valence-electron chi connectivity index (χ2n) is 3.41. The Kier molecular flexibility index (Phi) is 7.27. The van der Waals surface area contributed by atoms with E-state index in [1.807, 2.05) is 6.92 Å². The summed E-state index contributed by atoms with van der Waals surface area (Å²) in [5.41, 5.74) is 5.33. The van der Waals surface area contributed by atoms with Gasteiger partial charge in [-0.1, -0.05) is 36.2 Å². The van der Waals surface area contributed by atoms with Crippen LogP contribution in [0.3, 0.4) is 0 Å². The smallest absolute Gasteiger partial charge is 0.405 e. The van der Waals surface area contributed by atoms with Crippen LogP contribution < -0.4 is 5.73 Å². The molecule has 0 radical (unpaired) electrons. The Balaban J connectivity index is 5.47. The number of carbonyl (C=O) groups is 1. The molecule has 0 unspecified atom stereocenters. The van der Waals surface area contributed by atoms with Gasteiger partial charge in [-0.2, -0.15) is 0 Å². The van der Waals surface area contributed by atoms with Gasteiger partial charge in [0.2, 0.25) is 0 Å². The molecule has 0 rings (SSSR count). The molecule has 0 saturated carbocycles. The molecule has 2 atom stereocenters. The van der Waals surface area contributed by atoms with Gasteiger partial charge in [-0.15, -0.1) is 0 Å². The lowest BCUT2D eigenvalue weighted by Gasteiger charge is -2.23. The van der Waals surface area contributed by atoms with Crippen LogP contribution >= 0.6 is 23.2 Å². The van der Waals surface area contributed by atoms with Gasteiger partial charge in [0.1, 0.15) is 0 Å². The molecule has 0 aromatic carbocycles. The van der Waals surface area contributed by atoms with E-state index in [-0.39, 0.29) is 0 Å². The highest BCUT2D eigenvalue weighted by Crippen LogP contribution is 2.29. The van der Waals surface area contributed by atoms with Gasteiger partial charge >= 0.3 is 6.09 Å². The maximum atomic E-state index is 10.8. The topological polar surface area (TPSA) is 72.5 Å². The third-order valence-corrected chi connectivity index (χ3v) is 2.97. The van der Waals surface area contributed by atoms with Gasteiger partial charge in [-0.05, 0) is 20.3 Å². The Hall–Kier alpha value is -0.710. The fourth-order valence-corrected chi connectivity index (χ4v) is 1.77. The predicted molar refractivity (Wildman–Crippen MR) is 68.9 cm³/mol. The third-order valence-electron chi connectivity index (χ3n) is 2.08. The fraction of sp³-hybridized carbons (Fsp3) is 0.545. The average Bonchev–Trinajstić information content (AvgIpc) is 2.26. The summed E-state index contributed by atoms with van der Waals surface area (Å²) in [7, 11) is 0. The molecule has 0 aromatic heterocycles. The number of nitrogens with two attached hydrogens (primary N) is 1. The maximum Gasteiger partial charge on any atom is 0.405 e. The zero-order chi connectivity index (χ0) is 13.6. The maximum absolute atomic E-state index is 10.8. The first kappa shape index (κ1) is 16.3. The molecule has 98 valence electrons. The molecule has 1 amide bonds. The summed E-state index contributed by atoms with van der Waals surface area (Å²) in [6.07, 6.45) is -0.814. The number of aliphatic hydroxyl groups is 1. The number of primary amides is 1. The van der Waals surface area contributed by atoms with Gasteiger partial charge < -0.3 is 15.6 Å². The number of aliphatic hydroxyl groups excluding tert-OH is 1. The lowest BCUT2D eigenvalue weighted by molar-refractivity contribution is 0.0373. The van der Waals surface area contributed by atoms with E-state index in [2.05, 4.69) is 0 Å². The minimum atomic E-state index is -0.991. The molecule has 0 bridgehead atoms. The second-order valence-corrected chi connectivity index (χ2v) is 4.27. The number of hydrogen-bond donors (Lipinski definition) is 2. The van der Waals surface area contributed by atoms with Crippen molar-refractivity contribution >= 4 is 29.3 Å². The molecule has 17 heavy (non-hydrogen) atoms. The van der Waals surface area contributed by atoms with E-state index in [9.17, 15) is 9.90 Å². The van der Waals surface area contributed by atoms with Crippen molar-refractivity contribution in [3.63, 3.8) is 0 Å². The molecule has 0 aromatic rings. The first-order chi connectivity index (χ1) is 7.84. The van der Waals surface area contributed by atoms with Crippen LogP contribution in [0.5, 0.6) is 0 Å². The zero-order valence-electron chi connectivity index (χ0n) is 10.0.